The van der Waals surface area contributed by atoms with Gasteiger partial charge in [0.1, 0.15) is 0 Å². The van der Waals surface area contributed by atoms with Crippen molar-refractivity contribution in [3.8, 4) is 0 Å². The van der Waals surface area contributed by atoms with Gasteiger partial charge in [0.2, 0.25) is 0 Å². The molecular weight excluding hydrogens is 280 g/mol. The molecule has 0 saturated carbocycles. The number of benzene rings is 1. The molecule has 20 heavy (non-hydrogen) atoms. The van der Waals surface area contributed by atoms with Gasteiger partial charge in [0.05, 0.1) is 5.56 Å². The Morgan fingerprint density at radius 1 is 1.25 bits per heavy atom. The van der Waals surface area contributed by atoms with Crippen LogP contribution in [0.3, 0.4) is 0 Å². The Morgan fingerprint density at radius 3 is 2.50 bits per heavy atom. The molecule has 7 heteroatoms. The highest BCUT2D eigenvalue weighted by atomic mass is 32.2. The lowest BCUT2D eigenvalue weighted by atomic mass is 10.2. The summed E-state index contributed by atoms with van der Waals surface area (Å²) in [5.41, 5.74) is 0.389. The first-order chi connectivity index (χ1) is 9.49. The lowest BCUT2D eigenvalue weighted by Gasteiger charge is -2.13. The number of amides is 3. The van der Waals surface area contributed by atoms with Crippen molar-refractivity contribution in [3.05, 3.63) is 29.8 Å². The van der Waals surface area contributed by atoms with E-state index in [-0.39, 0.29) is 0 Å². The zero-order valence-electron chi connectivity index (χ0n) is 11.4. The van der Waals surface area contributed by atoms with Crippen LogP contribution >= 0.6 is 11.8 Å². The number of ether oxygens (including phenoxy) is 1. The van der Waals surface area contributed by atoms with Crippen LogP contribution in [0.5, 0.6) is 0 Å². The first kappa shape index (κ1) is 16.0. The highest BCUT2D eigenvalue weighted by molar-refractivity contribution is 7.98. The zero-order chi connectivity index (χ0) is 15.1. The summed E-state index contributed by atoms with van der Waals surface area (Å²) in [5, 5.41) is 4.28. The number of carbonyl (C=O) groups excluding carboxylic acids is 3. The second-order valence-electron chi connectivity index (χ2n) is 3.82. The minimum absolute atomic E-state index is 0.389. The van der Waals surface area contributed by atoms with Crippen molar-refractivity contribution < 1.29 is 19.1 Å². The summed E-state index contributed by atoms with van der Waals surface area (Å²) in [6, 6.07) is 6.28. The summed E-state index contributed by atoms with van der Waals surface area (Å²) < 4.78 is 5.04. The number of esters is 1. The molecule has 1 aromatic rings. The third-order valence-electron chi connectivity index (χ3n) is 2.44. The van der Waals surface area contributed by atoms with Crippen LogP contribution in [0.1, 0.15) is 17.3 Å². The van der Waals surface area contributed by atoms with Crippen LogP contribution in [0.2, 0.25) is 0 Å². The Kier molecular flexibility index (Phi) is 6.05. The Balaban J connectivity index is 2.70. The molecule has 108 valence electrons. The Labute approximate surface area is 121 Å². The fourth-order valence-corrected chi connectivity index (χ4v) is 1.95. The number of urea groups is 1. The largest absolute Gasteiger partial charge is 0.449 e. The standard InChI is InChI=1S/C13H16N2O4S/c1-8(11(16)15-13(18)14-2)19-12(17)9-6-4-5-7-10(9)20-3/h4-8H,1-3H3,(H2,14,15,16,18)/t8-/m1/s1. The number of imide groups is 1. The fourth-order valence-electron chi connectivity index (χ4n) is 1.37. The monoisotopic (exact) mass is 296 g/mol. The maximum Gasteiger partial charge on any atom is 0.340 e. The molecule has 6 nitrogen and oxygen atoms in total. The molecule has 0 fully saturated rings. The summed E-state index contributed by atoms with van der Waals surface area (Å²) in [6.07, 6.45) is 0.781. The summed E-state index contributed by atoms with van der Waals surface area (Å²) in [5.74, 6) is -1.28. The first-order valence-corrected chi connectivity index (χ1v) is 7.08. The van der Waals surface area contributed by atoms with Gasteiger partial charge in [-0.1, -0.05) is 12.1 Å². The van der Waals surface area contributed by atoms with Gasteiger partial charge in [0, 0.05) is 11.9 Å². The van der Waals surface area contributed by atoms with Crippen molar-refractivity contribution in [2.24, 2.45) is 0 Å². The molecule has 0 unspecified atom stereocenters. The van der Waals surface area contributed by atoms with Crippen molar-refractivity contribution in [1.29, 1.82) is 0 Å². The van der Waals surface area contributed by atoms with Gasteiger partial charge >= 0.3 is 12.0 Å². The van der Waals surface area contributed by atoms with Crippen molar-refractivity contribution in [3.63, 3.8) is 0 Å². The molecule has 1 rings (SSSR count). The van der Waals surface area contributed by atoms with Crippen LogP contribution in [-0.2, 0) is 9.53 Å². The first-order valence-electron chi connectivity index (χ1n) is 5.86. The van der Waals surface area contributed by atoms with Crippen LogP contribution < -0.4 is 10.6 Å². The van der Waals surface area contributed by atoms with Gasteiger partial charge in [-0.3, -0.25) is 10.1 Å². The Bertz CT molecular complexity index is 519. The predicted molar refractivity (Wildman–Crippen MR) is 75.7 cm³/mol. The van der Waals surface area contributed by atoms with Crippen LogP contribution in [0, 0.1) is 0 Å². The van der Waals surface area contributed by atoms with Crippen molar-refractivity contribution in [2.45, 2.75) is 17.9 Å². The average Bonchev–Trinajstić information content (AvgIpc) is 2.46. The van der Waals surface area contributed by atoms with Gasteiger partial charge < -0.3 is 10.1 Å². The van der Waals surface area contributed by atoms with E-state index in [4.69, 9.17) is 4.74 Å². The third-order valence-corrected chi connectivity index (χ3v) is 3.24. The minimum Gasteiger partial charge on any atom is -0.449 e. The molecule has 0 saturated heterocycles. The molecular formula is C13H16N2O4S. The number of hydrogen-bond acceptors (Lipinski definition) is 5. The van der Waals surface area contributed by atoms with Gasteiger partial charge in [-0.05, 0) is 25.3 Å². The number of hydrogen-bond donors (Lipinski definition) is 2. The summed E-state index contributed by atoms with van der Waals surface area (Å²) in [4.78, 5) is 35.3. The van der Waals surface area contributed by atoms with Gasteiger partial charge in [-0.15, -0.1) is 11.8 Å². The third kappa shape index (κ3) is 4.27. The fraction of sp³-hybridized carbons (Fsp3) is 0.308. The number of carbonyl (C=O) groups is 3. The normalized spacial score (nSPS) is 11.3. The van der Waals surface area contributed by atoms with E-state index in [2.05, 4.69) is 5.32 Å². The quantitative estimate of drug-likeness (QED) is 0.648. The molecule has 0 spiro atoms. The second-order valence-corrected chi connectivity index (χ2v) is 4.66. The van der Waals surface area contributed by atoms with E-state index >= 15 is 0 Å². The average molecular weight is 296 g/mol. The topological polar surface area (TPSA) is 84.5 Å². The van der Waals surface area contributed by atoms with Crippen LogP contribution in [0.25, 0.3) is 0 Å². The van der Waals surface area contributed by atoms with E-state index in [0.29, 0.717) is 5.56 Å². The molecule has 0 aliphatic rings. The van der Waals surface area contributed by atoms with Gasteiger partial charge in [0.15, 0.2) is 6.10 Å². The van der Waals surface area contributed by atoms with Gasteiger partial charge in [-0.2, -0.15) is 0 Å². The van der Waals surface area contributed by atoms with Crippen molar-refractivity contribution in [2.75, 3.05) is 13.3 Å². The number of nitrogens with one attached hydrogen (secondary N) is 2. The molecule has 3 amide bonds. The van der Waals surface area contributed by atoms with Gasteiger partial charge in [-0.25, -0.2) is 9.59 Å². The predicted octanol–water partition coefficient (Wildman–Crippen LogP) is 1.41. The molecule has 0 aliphatic heterocycles. The summed E-state index contributed by atoms with van der Waals surface area (Å²) in [6.45, 7) is 1.40. The maximum absolute atomic E-state index is 12.0. The van der Waals surface area contributed by atoms with E-state index < -0.39 is 24.0 Å². The highest BCUT2D eigenvalue weighted by Crippen LogP contribution is 2.20. The van der Waals surface area contributed by atoms with E-state index in [9.17, 15) is 14.4 Å². The molecule has 0 heterocycles. The van der Waals surface area contributed by atoms with E-state index in [1.165, 1.54) is 25.7 Å². The molecule has 0 aromatic heterocycles. The van der Waals surface area contributed by atoms with Crippen molar-refractivity contribution in [1.82, 2.24) is 10.6 Å². The molecule has 2 N–H and O–H groups in total. The van der Waals surface area contributed by atoms with E-state index in [0.717, 1.165) is 4.90 Å². The smallest absolute Gasteiger partial charge is 0.340 e. The SMILES string of the molecule is CNC(=O)NC(=O)[C@@H](C)OC(=O)c1ccccc1SC. The van der Waals surface area contributed by atoms with E-state index in [1.807, 2.05) is 17.6 Å². The van der Waals surface area contributed by atoms with Crippen molar-refractivity contribution >= 4 is 29.7 Å². The molecule has 1 aromatic carbocycles. The minimum atomic E-state index is -1.06. The summed E-state index contributed by atoms with van der Waals surface area (Å²) in [7, 11) is 1.38. The molecule has 0 radical (unpaired) electrons. The summed E-state index contributed by atoms with van der Waals surface area (Å²) >= 11 is 1.41. The van der Waals surface area contributed by atoms with Crippen LogP contribution in [0.4, 0.5) is 4.79 Å². The lowest BCUT2D eigenvalue weighted by molar-refractivity contribution is -0.127. The lowest BCUT2D eigenvalue weighted by Crippen LogP contribution is -2.43. The second kappa shape index (κ2) is 7.54. The molecule has 1 atom stereocenters. The molecule has 0 aliphatic carbocycles. The Hall–Kier alpha value is -2.02. The molecule has 0 bridgehead atoms. The van der Waals surface area contributed by atoms with Crippen LogP contribution in [0.15, 0.2) is 29.2 Å². The highest BCUT2D eigenvalue weighted by Gasteiger charge is 2.21. The van der Waals surface area contributed by atoms with E-state index in [1.54, 1.807) is 18.2 Å². The number of rotatable bonds is 4. The zero-order valence-corrected chi connectivity index (χ0v) is 12.2. The van der Waals surface area contributed by atoms with Crippen LogP contribution in [-0.4, -0.2) is 37.3 Å². The Morgan fingerprint density at radius 2 is 1.90 bits per heavy atom. The van der Waals surface area contributed by atoms with Gasteiger partial charge in [0.25, 0.3) is 5.91 Å². The number of thioether (sulfide) groups is 1. The maximum atomic E-state index is 12.0.